The van der Waals surface area contributed by atoms with E-state index in [1.807, 2.05) is 6.08 Å². The first kappa shape index (κ1) is 12.0. The molecule has 0 spiro atoms. The number of nitrogens with one attached hydrogen (secondary N) is 1. The van der Waals surface area contributed by atoms with Gasteiger partial charge in [0, 0.05) is 12.2 Å². The minimum atomic E-state index is 1.03. The van der Waals surface area contributed by atoms with Crippen LogP contribution in [0.2, 0.25) is 0 Å². The molecule has 1 N–H and O–H groups in total. The van der Waals surface area contributed by atoms with Crippen molar-refractivity contribution in [1.29, 1.82) is 0 Å². The molecule has 0 saturated heterocycles. The van der Waals surface area contributed by atoms with Crippen molar-refractivity contribution < 1.29 is 0 Å². The summed E-state index contributed by atoms with van der Waals surface area (Å²) in [6.07, 6.45) is 5.15. The van der Waals surface area contributed by atoms with Gasteiger partial charge < -0.3 is 5.32 Å². The monoisotopic (exact) mass is 179 g/mol. The average Bonchev–Trinajstić information content (AvgIpc) is 2.17. The molecule has 0 aromatic rings. The van der Waals surface area contributed by atoms with E-state index in [0.717, 1.165) is 13.0 Å². The van der Waals surface area contributed by atoms with E-state index in [1.54, 1.807) is 0 Å². The standard InChI is InChI=1S/C12H21N/c1-6-9-13-12(8-3)11(5)10(4)7-2/h7-8,13H,2,6,9H2,1,3-5H3/b11-10-,12-8+. The predicted molar refractivity (Wildman–Crippen MR) is 60.6 cm³/mol. The molecule has 0 aliphatic heterocycles. The van der Waals surface area contributed by atoms with Gasteiger partial charge in [0.25, 0.3) is 0 Å². The quantitative estimate of drug-likeness (QED) is 0.638. The zero-order valence-corrected chi connectivity index (χ0v) is 9.28. The van der Waals surface area contributed by atoms with Crippen LogP contribution in [-0.4, -0.2) is 6.54 Å². The normalized spacial score (nSPS) is 13.7. The summed E-state index contributed by atoms with van der Waals surface area (Å²) < 4.78 is 0. The first-order valence-corrected chi connectivity index (χ1v) is 4.87. The maximum Gasteiger partial charge on any atom is 0.0329 e. The van der Waals surface area contributed by atoms with Gasteiger partial charge >= 0.3 is 0 Å². The summed E-state index contributed by atoms with van der Waals surface area (Å²) >= 11 is 0. The number of allylic oxidation sites excluding steroid dienone is 4. The van der Waals surface area contributed by atoms with E-state index in [1.165, 1.54) is 16.8 Å². The highest BCUT2D eigenvalue weighted by molar-refractivity contribution is 5.35. The van der Waals surface area contributed by atoms with Gasteiger partial charge in [-0.05, 0) is 38.3 Å². The average molecular weight is 179 g/mol. The van der Waals surface area contributed by atoms with E-state index in [-0.39, 0.29) is 0 Å². The van der Waals surface area contributed by atoms with Crippen LogP contribution in [0.5, 0.6) is 0 Å². The van der Waals surface area contributed by atoms with Gasteiger partial charge in [-0.3, -0.25) is 0 Å². The van der Waals surface area contributed by atoms with Crippen LogP contribution in [0.4, 0.5) is 0 Å². The van der Waals surface area contributed by atoms with Crippen molar-refractivity contribution in [3.63, 3.8) is 0 Å². The van der Waals surface area contributed by atoms with E-state index >= 15 is 0 Å². The molecule has 0 bridgehead atoms. The molecule has 74 valence electrons. The van der Waals surface area contributed by atoms with Gasteiger partial charge in [-0.15, -0.1) is 0 Å². The van der Waals surface area contributed by atoms with E-state index in [0.29, 0.717) is 0 Å². The summed E-state index contributed by atoms with van der Waals surface area (Å²) in [6, 6.07) is 0. The van der Waals surface area contributed by atoms with E-state index in [4.69, 9.17) is 0 Å². The molecule has 13 heavy (non-hydrogen) atoms. The molecule has 0 aliphatic carbocycles. The highest BCUT2D eigenvalue weighted by Crippen LogP contribution is 2.12. The molecule has 0 saturated carbocycles. The van der Waals surface area contributed by atoms with Crippen molar-refractivity contribution in [2.75, 3.05) is 6.54 Å². The fraction of sp³-hybridized carbons (Fsp3) is 0.500. The van der Waals surface area contributed by atoms with Crippen molar-refractivity contribution in [2.24, 2.45) is 0 Å². The minimum absolute atomic E-state index is 1.03. The van der Waals surface area contributed by atoms with Crippen molar-refractivity contribution in [1.82, 2.24) is 5.32 Å². The summed E-state index contributed by atoms with van der Waals surface area (Å²) in [7, 11) is 0. The van der Waals surface area contributed by atoms with E-state index in [2.05, 4.69) is 45.7 Å². The maximum atomic E-state index is 3.77. The zero-order valence-electron chi connectivity index (χ0n) is 9.28. The molecule has 0 unspecified atom stereocenters. The summed E-state index contributed by atoms with van der Waals surface area (Å²) in [5.41, 5.74) is 3.74. The van der Waals surface area contributed by atoms with Gasteiger partial charge in [0.1, 0.15) is 0 Å². The Balaban J connectivity index is 4.51. The largest absolute Gasteiger partial charge is 0.385 e. The minimum Gasteiger partial charge on any atom is -0.385 e. The highest BCUT2D eigenvalue weighted by Gasteiger charge is 1.99. The number of hydrogen-bond donors (Lipinski definition) is 1. The lowest BCUT2D eigenvalue weighted by atomic mass is 10.1. The Morgan fingerprint density at radius 2 is 2.00 bits per heavy atom. The summed E-state index contributed by atoms with van der Waals surface area (Å²) in [5.74, 6) is 0. The van der Waals surface area contributed by atoms with E-state index < -0.39 is 0 Å². The molecule has 0 heterocycles. The molecule has 0 radical (unpaired) electrons. The van der Waals surface area contributed by atoms with Crippen molar-refractivity contribution >= 4 is 0 Å². The Morgan fingerprint density at radius 3 is 2.38 bits per heavy atom. The Bertz CT molecular complexity index is 221. The smallest absolute Gasteiger partial charge is 0.0329 e. The van der Waals surface area contributed by atoms with Crippen molar-refractivity contribution in [3.8, 4) is 0 Å². The molecule has 0 amide bonds. The SMILES string of the molecule is C=C/C(C)=C(C)\C(=C/C)NCCC. The molecule has 0 rings (SSSR count). The van der Waals surface area contributed by atoms with Gasteiger partial charge in [0.05, 0.1) is 0 Å². The second-order valence-corrected chi connectivity index (χ2v) is 3.14. The van der Waals surface area contributed by atoms with Crippen LogP contribution < -0.4 is 5.32 Å². The Kier molecular flexibility index (Phi) is 6.03. The summed E-state index contributed by atoms with van der Waals surface area (Å²) in [4.78, 5) is 0. The Morgan fingerprint density at radius 1 is 1.38 bits per heavy atom. The fourth-order valence-corrected chi connectivity index (χ4v) is 1.08. The third kappa shape index (κ3) is 3.97. The van der Waals surface area contributed by atoms with E-state index in [9.17, 15) is 0 Å². The van der Waals surface area contributed by atoms with Crippen LogP contribution in [0.15, 0.2) is 35.6 Å². The summed E-state index contributed by atoms with van der Waals surface area (Å²) in [5, 5.41) is 3.39. The molecular weight excluding hydrogens is 158 g/mol. The second kappa shape index (κ2) is 6.53. The zero-order chi connectivity index (χ0) is 10.3. The van der Waals surface area contributed by atoms with Crippen molar-refractivity contribution in [3.05, 3.63) is 35.6 Å². The number of rotatable bonds is 5. The summed E-state index contributed by atoms with van der Waals surface area (Å²) in [6.45, 7) is 13.2. The highest BCUT2D eigenvalue weighted by atomic mass is 14.9. The van der Waals surface area contributed by atoms with Crippen LogP contribution in [0.25, 0.3) is 0 Å². The third-order valence-electron chi connectivity index (χ3n) is 2.16. The second-order valence-electron chi connectivity index (χ2n) is 3.14. The van der Waals surface area contributed by atoms with Crippen LogP contribution in [0, 0.1) is 0 Å². The van der Waals surface area contributed by atoms with Gasteiger partial charge in [0.2, 0.25) is 0 Å². The molecule has 1 heteroatoms. The van der Waals surface area contributed by atoms with Gasteiger partial charge in [0.15, 0.2) is 0 Å². The maximum absolute atomic E-state index is 3.77. The Hall–Kier alpha value is -0.980. The number of hydrogen-bond acceptors (Lipinski definition) is 1. The van der Waals surface area contributed by atoms with Gasteiger partial charge in [-0.25, -0.2) is 0 Å². The molecule has 0 aliphatic rings. The molecule has 1 nitrogen and oxygen atoms in total. The lowest BCUT2D eigenvalue weighted by molar-refractivity contribution is 0.772. The first-order chi connectivity index (χ1) is 6.17. The molecule has 0 aromatic carbocycles. The lowest BCUT2D eigenvalue weighted by Gasteiger charge is -2.11. The molecule has 0 aromatic heterocycles. The Labute approximate surface area is 82.2 Å². The van der Waals surface area contributed by atoms with Crippen LogP contribution >= 0.6 is 0 Å². The van der Waals surface area contributed by atoms with Crippen LogP contribution in [0.1, 0.15) is 34.1 Å². The predicted octanol–water partition coefficient (Wildman–Crippen LogP) is 3.41. The molecular formula is C12H21N. The first-order valence-electron chi connectivity index (χ1n) is 4.87. The van der Waals surface area contributed by atoms with Crippen LogP contribution in [-0.2, 0) is 0 Å². The fourth-order valence-electron chi connectivity index (χ4n) is 1.08. The lowest BCUT2D eigenvalue weighted by Crippen LogP contribution is -2.15. The van der Waals surface area contributed by atoms with Crippen LogP contribution in [0.3, 0.4) is 0 Å². The molecule has 0 atom stereocenters. The third-order valence-corrected chi connectivity index (χ3v) is 2.16. The molecule has 0 fully saturated rings. The topological polar surface area (TPSA) is 12.0 Å². The van der Waals surface area contributed by atoms with Gasteiger partial charge in [-0.2, -0.15) is 0 Å². The van der Waals surface area contributed by atoms with Crippen molar-refractivity contribution in [2.45, 2.75) is 34.1 Å². The van der Waals surface area contributed by atoms with Gasteiger partial charge in [-0.1, -0.05) is 25.7 Å².